The van der Waals surface area contributed by atoms with Crippen molar-refractivity contribution in [1.29, 1.82) is 0 Å². The van der Waals surface area contributed by atoms with Gasteiger partial charge in [0.1, 0.15) is 0 Å². The number of aryl methyl sites for hydroxylation is 1. The zero-order chi connectivity index (χ0) is 17.4. The van der Waals surface area contributed by atoms with E-state index >= 15 is 0 Å². The molecule has 5 nitrogen and oxygen atoms in total. The second-order valence-corrected chi connectivity index (χ2v) is 5.99. The van der Waals surface area contributed by atoms with Crippen LogP contribution in [0, 0.1) is 12.8 Å². The first-order valence-corrected chi connectivity index (χ1v) is 8.10. The minimum absolute atomic E-state index is 0.159. The Morgan fingerprint density at radius 3 is 2.61 bits per heavy atom. The lowest BCUT2D eigenvalue weighted by Crippen LogP contribution is -2.38. The highest BCUT2D eigenvalue weighted by Crippen LogP contribution is 2.17. The van der Waals surface area contributed by atoms with Crippen LogP contribution in [0.5, 0.6) is 0 Å². The quantitative estimate of drug-likeness (QED) is 0.700. The van der Waals surface area contributed by atoms with Gasteiger partial charge in [0.15, 0.2) is 0 Å². The van der Waals surface area contributed by atoms with Gasteiger partial charge in [-0.2, -0.15) is 0 Å². The molecule has 0 radical (unpaired) electrons. The Balaban J connectivity index is 2.87. The summed E-state index contributed by atoms with van der Waals surface area (Å²) in [6, 6.07) is 5.14. The molecule has 1 N–H and O–H groups in total. The van der Waals surface area contributed by atoms with Crippen LogP contribution in [-0.4, -0.2) is 48.2 Å². The summed E-state index contributed by atoms with van der Waals surface area (Å²) in [6.45, 7) is 7.12. The number of carboxylic acids is 1. The fourth-order valence-corrected chi connectivity index (χ4v) is 2.52. The van der Waals surface area contributed by atoms with E-state index in [1.165, 1.54) is 0 Å². The van der Waals surface area contributed by atoms with Crippen molar-refractivity contribution in [3.63, 3.8) is 0 Å². The number of ether oxygens (including phenoxy) is 1. The highest BCUT2D eigenvalue weighted by atomic mass is 35.5. The van der Waals surface area contributed by atoms with E-state index in [2.05, 4.69) is 0 Å². The maximum atomic E-state index is 12.7. The van der Waals surface area contributed by atoms with Crippen molar-refractivity contribution in [3.8, 4) is 0 Å². The second kappa shape index (κ2) is 9.53. The van der Waals surface area contributed by atoms with Crippen LogP contribution in [0.3, 0.4) is 0 Å². The molecule has 6 heteroatoms. The van der Waals surface area contributed by atoms with E-state index in [0.29, 0.717) is 36.8 Å². The number of aliphatic carboxylic acids is 1. The molecule has 1 aromatic rings. The molecule has 1 rings (SSSR count). The SMILES string of the molecule is CCOCCCN(CC(C)C(=O)O)C(=O)c1cc(C)cc(Cl)c1. The predicted octanol–water partition coefficient (Wildman–Crippen LogP) is 3.24. The number of hydrogen-bond donors (Lipinski definition) is 1. The second-order valence-electron chi connectivity index (χ2n) is 5.56. The summed E-state index contributed by atoms with van der Waals surface area (Å²) in [7, 11) is 0. The smallest absolute Gasteiger partial charge is 0.308 e. The minimum Gasteiger partial charge on any atom is -0.481 e. The fraction of sp³-hybridized carbons (Fsp3) is 0.529. The van der Waals surface area contributed by atoms with E-state index < -0.39 is 11.9 Å². The zero-order valence-corrected chi connectivity index (χ0v) is 14.6. The molecule has 128 valence electrons. The Bertz CT molecular complexity index is 527. The molecule has 0 heterocycles. The first-order valence-electron chi connectivity index (χ1n) is 7.72. The largest absolute Gasteiger partial charge is 0.481 e. The molecule has 0 saturated heterocycles. The monoisotopic (exact) mass is 341 g/mol. The molecule has 1 amide bonds. The fourth-order valence-electron chi connectivity index (χ4n) is 2.23. The lowest BCUT2D eigenvalue weighted by Gasteiger charge is -2.25. The molecule has 1 aromatic carbocycles. The molecular formula is C17H24ClNO4. The van der Waals surface area contributed by atoms with E-state index in [1.54, 1.807) is 30.0 Å². The third kappa shape index (κ3) is 6.59. The third-order valence-electron chi connectivity index (χ3n) is 3.41. The van der Waals surface area contributed by atoms with Crippen molar-refractivity contribution >= 4 is 23.5 Å². The van der Waals surface area contributed by atoms with E-state index in [4.69, 9.17) is 21.4 Å². The normalized spacial score (nSPS) is 12.0. The lowest BCUT2D eigenvalue weighted by molar-refractivity contribution is -0.141. The molecule has 1 unspecified atom stereocenters. The average molecular weight is 342 g/mol. The number of carbonyl (C=O) groups excluding carboxylic acids is 1. The first kappa shape index (κ1) is 19.5. The Kier molecular flexibility index (Phi) is 8.06. The van der Waals surface area contributed by atoms with Crippen LogP contribution in [0.25, 0.3) is 0 Å². The third-order valence-corrected chi connectivity index (χ3v) is 3.63. The number of carbonyl (C=O) groups is 2. The first-order chi connectivity index (χ1) is 10.8. The van der Waals surface area contributed by atoms with Gasteiger partial charge in [-0.1, -0.05) is 18.5 Å². The van der Waals surface area contributed by atoms with Crippen LogP contribution in [0.15, 0.2) is 18.2 Å². The van der Waals surface area contributed by atoms with Crippen molar-refractivity contribution in [2.75, 3.05) is 26.3 Å². The van der Waals surface area contributed by atoms with Gasteiger partial charge in [0, 0.05) is 36.9 Å². The maximum Gasteiger partial charge on any atom is 0.308 e. The van der Waals surface area contributed by atoms with Gasteiger partial charge in [-0.25, -0.2) is 0 Å². The van der Waals surface area contributed by atoms with Crippen molar-refractivity contribution < 1.29 is 19.4 Å². The average Bonchev–Trinajstić information content (AvgIpc) is 2.48. The Labute approximate surface area is 142 Å². The van der Waals surface area contributed by atoms with E-state index in [0.717, 1.165) is 5.56 Å². The molecule has 0 aliphatic heterocycles. The van der Waals surface area contributed by atoms with Gasteiger partial charge >= 0.3 is 5.97 Å². The number of amides is 1. The van der Waals surface area contributed by atoms with E-state index in [9.17, 15) is 9.59 Å². The summed E-state index contributed by atoms with van der Waals surface area (Å²) in [5, 5.41) is 9.59. The number of rotatable bonds is 9. The molecule has 0 saturated carbocycles. The molecule has 0 aliphatic rings. The molecule has 0 bridgehead atoms. The molecular weight excluding hydrogens is 318 g/mol. The van der Waals surface area contributed by atoms with Gasteiger partial charge < -0.3 is 14.7 Å². The van der Waals surface area contributed by atoms with Gasteiger partial charge in [-0.05, 0) is 44.0 Å². The van der Waals surface area contributed by atoms with Crippen molar-refractivity contribution in [2.45, 2.75) is 27.2 Å². The van der Waals surface area contributed by atoms with Crippen LogP contribution < -0.4 is 0 Å². The van der Waals surface area contributed by atoms with Crippen LogP contribution >= 0.6 is 11.6 Å². The summed E-state index contributed by atoms with van der Waals surface area (Å²) in [5.41, 5.74) is 1.37. The topological polar surface area (TPSA) is 66.8 Å². The summed E-state index contributed by atoms with van der Waals surface area (Å²) < 4.78 is 5.28. The summed E-state index contributed by atoms with van der Waals surface area (Å²) in [6.07, 6.45) is 0.658. The van der Waals surface area contributed by atoms with Gasteiger partial charge in [-0.3, -0.25) is 9.59 Å². The van der Waals surface area contributed by atoms with Gasteiger partial charge in [0.2, 0.25) is 0 Å². The van der Waals surface area contributed by atoms with Gasteiger partial charge in [-0.15, -0.1) is 0 Å². The standard InChI is InChI=1S/C17H24ClNO4/c1-4-23-7-5-6-19(11-13(3)17(21)22)16(20)14-8-12(2)9-15(18)10-14/h8-10,13H,4-7,11H2,1-3H3,(H,21,22). The molecule has 0 fully saturated rings. The highest BCUT2D eigenvalue weighted by molar-refractivity contribution is 6.31. The number of hydrogen-bond acceptors (Lipinski definition) is 3. The van der Waals surface area contributed by atoms with Crippen LogP contribution in [0.4, 0.5) is 0 Å². The predicted molar refractivity (Wildman–Crippen MR) is 90.0 cm³/mol. The van der Waals surface area contributed by atoms with Crippen molar-refractivity contribution in [3.05, 3.63) is 34.3 Å². The van der Waals surface area contributed by atoms with Crippen molar-refractivity contribution in [1.82, 2.24) is 4.90 Å². The van der Waals surface area contributed by atoms with E-state index in [-0.39, 0.29) is 12.5 Å². The highest BCUT2D eigenvalue weighted by Gasteiger charge is 2.21. The summed E-state index contributed by atoms with van der Waals surface area (Å²) in [4.78, 5) is 25.4. The minimum atomic E-state index is -0.921. The van der Waals surface area contributed by atoms with Gasteiger partial charge in [0.25, 0.3) is 5.91 Å². The number of halogens is 1. The Morgan fingerprint density at radius 1 is 1.35 bits per heavy atom. The van der Waals surface area contributed by atoms with Crippen LogP contribution in [0.2, 0.25) is 5.02 Å². The lowest BCUT2D eigenvalue weighted by atomic mass is 10.1. The van der Waals surface area contributed by atoms with E-state index in [1.807, 2.05) is 13.8 Å². The zero-order valence-electron chi connectivity index (χ0n) is 13.8. The summed E-state index contributed by atoms with van der Waals surface area (Å²) >= 11 is 6.02. The summed E-state index contributed by atoms with van der Waals surface area (Å²) in [5.74, 6) is -1.76. The number of nitrogens with zero attached hydrogens (tertiary/aromatic N) is 1. The molecule has 23 heavy (non-hydrogen) atoms. The Morgan fingerprint density at radius 2 is 2.04 bits per heavy atom. The van der Waals surface area contributed by atoms with Crippen LogP contribution in [0.1, 0.15) is 36.2 Å². The van der Waals surface area contributed by atoms with Gasteiger partial charge in [0.05, 0.1) is 5.92 Å². The Hall–Kier alpha value is -1.59. The van der Waals surface area contributed by atoms with Crippen LogP contribution in [-0.2, 0) is 9.53 Å². The molecule has 0 spiro atoms. The van der Waals surface area contributed by atoms with Crippen molar-refractivity contribution in [2.24, 2.45) is 5.92 Å². The molecule has 0 aromatic heterocycles. The molecule has 0 aliphatic carbocycles. The number of benzene rings is 1. The number of carboxylic acid groups (broad SMARTS) is 1. The maximum absolute atomic E-state index is 12.7. The molecule has 1 atom stereocenters.